The van der Waals surface area contributed by atoms with E-state index in [0.717, 1.165) is 0 Å². The zero-order valence-corrected chi connectivity index (χ0v) is 17.0. The number of amides is 1. The van der Waals surface area contributed by atoms with E-state index in [1.54, 1.807) is 0 Å². The molecule has 120 valence electrons. The van der Waals surface area contributed by atoms with Crippen molar-refractivity contribution in [2.45, 2.75) is 77.6 Å². The van der Waals surface area contributed by atoms with Gasteiger partial charge in [0.1, 0.15) is 14.1 Å². The van der Waals surface area contributed by atoms with Gasteiger partial charge in [-0.15, -0.1) is 5.54 Å². The quantitative estimate of drug-likeness (QED) is 0.491. The molecule has 1 aliphatic rings. The summed E-state index contributed by atoms with van der Waals surface area (Å²) in [4.78, 5) is 11.9. The Morgan fingerprint density at radius 3 is 2.10 bits per heavy atom. The molecule has 1 rings (SSSR count). The fraction of sp³-hybridized carbons (Fsp3) is 0.812. The van der Waals surface area contributed by atoms with Crippen LogP contribution in [0.1, 0.15) is 27.7 Å². The van der Waals surface area contributed by atoms with Gasteiger partial charge in [0.25, 0.3) is 0 Å². The van der Waals surface area contributed by atoms with Gasteiger partial charge in [-0.2, -0.15) is 0 Å². The highest BCUT2D eigenvalue weighted by Crippen LogP contribution is 2.38. The summed E-state index contributed by atoms with van der Waals surface area (Å²) in [6.07, 6.45) is -0.0689. The van der Waals surface area contributed by atoms with Crippen LogP contribution in [-0.4, -0.2) is 34.4 Å². The topological polar surface area (TPSA) is 38.3 Å². The lowest BCUT2D eigenvalue weighted by molar-refractivity contribution is -0.137. The third kappa shape index (κ3) is 4.70. The van der Waals surface area contributed by atoms with Crippen molar-refractivity contribution in [1.82, 2.24) is 5.32 Å². The minimum Gasteiger partial charge on any atom is -0.413 e. The number of nitrogens with one attached hydrogen (secondary N) is 1. The van der Waals surface area contributed by atoms with Crippen LogP contribution in [-0.2, 0) is 9.22 Å². The summed E-state index contributed by atoms with van der Waals surface area (Å²) < 4.78 is 6.36. The Morgan fingerprint density at radius 2 is 1.71 bits per heavy atom. The predicted octanol–water partition coefficient (Wildman–Crippen LogP) is 3.39. The van der Waals surface area contributed by atoms with Crippen molar-refractivity contribution in [2.75, 3.05) is 0 Å². The molecule has 0 aromatic carbocycles. The van der Waals surface area contributed by atoms with E-state index in [2.05, 4.69) is 70.3 Å². The van der Waals surface area contributed by atoms with Crippen molar-refractivity contribution in [2.24, 2.45) is 5.92 Å². The average molecular weight is 326 g/mol. The summed E-state index contributed by atoms with van der Waals surface area (Å²) in [5, 5.41) is 3.07. The second kappa shape index (κ2) is 5.90. The molecule has 0 saturated carbocycles. The van der Waals surface area contributed by atoms with Crippen molar-refractivity contribution in [1.29, 1.82) is 0 Å². The maximum Gasteiger partial charge on any atom is 0.229 e. The van der Waals surface area contributed by atoms with E-state index in [9.17, 15) is 4.79 Å². The van der Waals surface area contributed by atoms with Gasteiger partial charge in [0.2, 0.25) is 5.91 Å². The number of β-lactam (4-membered cyclic amide) rings is 1. The van der Waals surface area contributed by atoms with Crippen LogP contribution >= 0.6 is 0 Å². The van der Waals surface area contributed by atoms with E-state index >= 15 is 0 Å². The predicted molar refractivity (Wildman–Crippen MR) is 94.3 cm³/mol. The van der Waals surface area contributed by atoms with Crippen molar-refractivity contribution in [3.8, 4) is 11.5 Å². The highest BCUT2D eigenvalue weighted by atomic mass is 28.4. The summed E-state index contributed by atoms with van der Waals surface area (Å²) in [6.45, 7) is 19.8. The molecule has 21 heavy (non-hydrogen) atoms. The van der Waals surface area contributed by atoms with Crippen molar-refractivity contribution < 1.29 is 9.22 Å². The molecule has 0 radical (unpaired) electrons. The lowest BCUT2D eigenvalue weighted by Crippen LogP contribution is -2.63. The van der Waals surface area contributed by atoms with Gasteiger partial charge in [-0.05, 0) is 25.1 Å². The maximum absolute atomic E-state index is 11.9. The number of rotatable bonds is 3. The van der Waals surface area contributed by atoms with Crippen LogP contribution in [0.4, 0.5) is 0 Å². The summed E-state index contributed by atoms with van der Waals surface area (Å²) in [6, 6.07) is -0.0380. The average Bonchev–Trinajstić information content (AvgIpc) is 2.19. The molecule has 1 amide bonds. The van der Waals surface area contributed by atoms with Gasteiger partial charge >= 0.3 is 0 Å². The third-order valence-corrected chi connectivity index (χ3v) is 9.82. The van der Waals surface area contributed by atoms with Crippen LogP contribution < -0.4 is 5.32 Å². The minimum atomic E-state index is -1.85. The van der Waals surface area contributed by atoms with Crippen LogP contribution in [0.2, 0.25) is 37.8 Å². The van der Waals surface area contributed by atoms with Crippen molar-refractivity contribution in [3.05, 3.63) is 0 Å². The van der Waals surface area contributed by atoms with E-state index < -0.39 is 16.4 Å². The summed E-state index contributed by atoms with van der Waals surface area (Å²) in [5.74, 6) is 3.22. The Balaban J connectivity index is 2.79. The molecule has 3 atom stereocenters. The third-order valence-electron chi connectivity index (χ3n) is 4.35. The zero-order chi connectivity index (χ0) is 16.6. The Bertz CT molecular complexity index is 463. The Kier molecular flexibility index (Phi) is 5.19. The Hall–Kier alpha value is -0.576. The van der Waals surface area contributed by atoms with Gasteiger partial charge in [-0.1, -0.05) is 46.3 Å². The van der Waals surface area contributed by atoms with Gasteiger partial charge in [0, 0.05) is 0 Å². The summed E-state index contributed by atoms with van der Waals surface area (Å²) in [5.41, 5.74) is 3.35. The zero-order valence-electron chi connectivity index (χ0n) is 15.0. The molecule has 5 heteroatoms. The normalized spacial score (nSPS) is 24.5. The maximum atomic E-state index is 11.9. The highest BCUT2D eigenvalue weighted by molar-refractivity contribution is 6.83. The van der Waals surface area contributed by atoms with Gasteiger partial charge < -0.3 is 9.74 Å². The highest BCUT2D eigenvalue weighted by Gasteiger charge is 2.46. The smallest absolute Gasteiger partial charge is 0.229 e. The molecule has 3 nitrogen and oxygen atoms in total. The molecule has 1 heterocycles. The van der Waals surface area contributed by atoms with Gasteiger partial charge in [-0.3, -0.25) is 4.79 Å². The first-order chi connectivity index (χ1) is 9.24. The van der Waals surface area contributed by atoms with Gasteiger partial charge in [0.05, 0.1) is 12.0 Å². The summed E-state index contributed by atoms with van der Waals surface area (Å²) >= 11 is 0. The molecule has 0 unspecified atom stereocenters. The lowest BCUT2D eigenvalue weighted by Gasteiger charge is -2.44. The molecule has 1 saturated heterocycles. The Morgan fingerprint density at radius 1 is 1.19 bits per heavy atom. The van der Waals surface area contributed by atoms with Crippen LogP contribution in [0.3, 0.4) is 0 Å². The molecule has 0 bridgehead atoms. The van der Waals surface area contributed by atoms with Gasteiger partial charge in [0.15, 0.2) is 8.32 Å². The van der Waals surface area contributed by atoms with Crippen molar-refractivity contribution in [3.63, 3.8) is 0 Å². The number of hydrogen-bond acceptors (Lipinski definition) is 2. The fourth-order valence-corrected chi connectivity index (χ4v) is 4.03. The Labute approximate surface area is 132 Å². The number of carbonyl (C=O) groups excluding carboxylic acids is 1. The fourth-order valence-electron chi connectivity index (χ4n) is 2.01. The van der Waals surface area contributed by atoms with E-state index in [0.29, 0.717) is 0 Å². The molecular weight excluding hydrogens is 294 g/mol. The van der Waals surface area contributed by atoms with Crippen LogP contribution in [0.15, 0.2) is 0 Å². The molecule has 1 N–H and O–H groups in total. The molecule has 0 aromatic rings. The SMILES string of the molecule is C[C@@H](O[Si](C)(C)C(C)(C)C)[C@H]1C(=O)N[C@H]1C#C[Si](C)(C)C. The van der Waals surface area contributed by atoms with Crippen LogP contribution in [0.25, 0.3) is 0 Å². The standard InChI is InChI=1S/C16H31NO2Si2/c1-12(19-21(8,9)16(2,3)4)14-13(17-15(14)18)10-11-20(5,6)7/h12-14H,1-9H3,(H,17,18)/t12-,13+,14-/m1/s1. The molecular formula is C16H31NO2Si2. The largest absolute Gasteiger partial charge is 0.413 e. The first-order valence-corrected chi connectivity index (χ1v) is 14.2. The molecule has 0 aliphatic carbocycles. The first-order valence-electron chi connectivity index (χ1n) is 7.75. The minimum absolute atomic E-state index is 0.0380. The monoisotopic (exact) mass is 325 g/mol. The van der Waals surface area contributed by atoms with Crippen molar-refractivity contribution >= 4 is 22.3 Å². The summed E-state index contributed by atoms with van der Waals surface area (Å²) in [7, 11) is -3.26. The lowest BCUT2D eigenvalue weighted by atomic mass is 9.87. The van der Waals surface area contributed by atoms with Gasteiger partial charge in [-0.25, -0.2) is 0 Å². The first kappa shape index (κ1) is 18.5. The van der Waals surface area contributed by atoms with Crippen LogP contribution in [0, 0.1) is 17.4 Å². The second-order valence-electron chi connectivity index (χ2n) is 8.61. The number of hydrogen-bond donors (Lipinski definition) is 1. The second-order valence-corrected chi connectivity index (χ2v) is 18.1. The van der Waals surface area contributed by atoms with E-state index in [4.69, 9.17) is 4.43 Å². The van der Waals surface area contributed by atoms with Crippen LogP contribution in [0.5, 0.6) is 0 Å². The van der Waals surface area contributed by atoms with E-state index in [1.807, 2.05) is 6.92 Å². The molecule has 0 aromatic heterocycles. The molecule has 0 spiro atoms. The number of carbonyl (C=O) groups is 1. The van der Waals surface area contributed by atoms with E-state index in [-0.39, 0.29) is 29.0 Å². The molecule has 1 fully saturated rings. The van der Waals surface area contributed by atoms with E-state index in [1.165, 1.54) is 0 Å². The molecule has 1 aliphatic heterocycles.